The number of rotatable bonds is 12. The molecule has 2 aliphatic rings. The predicted octanol–water partition coefficient (Wildman–Crippen LogP) is 11.3. The number of ether oxygens (including phenoxy) is 2. The highest BCUT2D eigenvalue weighted by atomic mass is 16.5. The lowest BCUT2D eigenvalue weighted by Gasteiger charge is -2.35. The topological polar surface area (TPSA) is 93.2 Å². The van der Waals surface area contributed by atoms with Crippen LogP contribution in [0.4, 0.5) is 5.69 Å². The number of benzene rings is 5. The molecule has 2 heterocycles. The second-order valence-corrected chi connectivity index (χ2v) is 16.2. The summed E-state index contributed by atoms with van der Waals surface area (Å²) in [5.41, 5.74) is 4.36. The van der Waals surface area contributed by atoms with Crippen molar-refractivity contribution in [3.63, 3.8) is 0 Å². The van der Waals surface area contributed by atoms with E-state index in [-0.39, 0.29) is 34.5 Å². The molecule has 5 aromatic rings. The van der Waals surface area contributed by atoms with Crippen LogP contribution in [0.2, 0.25) is 0 Å². The van der Waals surface area contributed by atoms with Gasteiger partial charge in [0.05, 0.1) is 27.9 Å². The third-order valence-electron chi connectivity index (χ3n) is 12.2. The van der Waals surface area contributed by atoms with E-state index in [1.54, 1.807) is 36.4 Å². The molecule has 2 aliphatic heterocycles. The number of hydrogen-bond donors (Lipinski definition) is 0. The van der Waals surface area contributed by atoms with E-state index in [1.807, 2.05) is 93.6 Å². The monoisotopic (exact) mass is 748 g/mol. The molecule has 5 aromatic carbocycles. The van der Waals surface area contributed by atoms with Crippen molar-refractivity contribution in [2.24, 2.45) is 0 Å². The lowest BCUT2D eigenvalue weighted by Crippen LogP contribution is -2.48. The summed E-state index contributed by atoms with van der Waals surface area (Å²) in [5, 5.41) is 0. The average Bonchev–Trinajstić information content (AvgIpc) is 3.61. The molecule has 0 atom stereocenters. The second-order valence-electron chi connectivity index (χ2n) is 16.2. The second kappa shape index (κ2) is 14.2. The van der Waals surface area contributed by atoms with Gasteiger partial charge < -0.3 is 9.47 Å². The van der Waals surface area contributed by atoms with Crippen molar-refractivity contribution in [1.82, 2.24) is 4.90 Å². The molecule has 0 fully saturated rings. The molecular weight excluding hydrogens is 701 g/mol. The SMILES string of the molecule is CCC(C)(C)c1ccc(N2C(=O)c3ccc(Oc4ccc(C(C)(C)c5ccc(Oc6ccc7c(c6)C(=O)N(C(C)(CC)CC)C7=O)cc5)cc4)cc3C2=O)cc1. The van der Waals surface area contributed by atoms with E-state index in [9.17, 15) is 19.2 Å². The molecule has 4 amide bonds. The summed E-state index contributed by atoms with van der Waals surface area (Å²) in [6, 6.07) is 33.4. The van der Waals surface area contributed by atoms with E-state index in [0.717, 1.165) is 23.1 Å². The smallest absolute Gasteiger partial charge is 0.266 e. The number of amides is 4. The molecule has 0 saturated carbocycles. The van der Waals surface area contributed by atoms with Crippen molar-refractivity contribution in [1.29, 1.82) is 0 Å². The largest absolute Gasteiger partial charge is 0.457 e. The van der Waals surface area contributed by atoms with Gasteiger partial charge in [0, 0.05) is 11.0 Å². The van der Waals surface area contributed by atoms with Crippen molar-refractivity contribution in [3.05, 3.63) is 148 Å². The zero-order chi connectivity index (χ0) is 40.2. The maximum absolute atomic E-state index is 13.5. The standard InChI is InChI=1S/C48H48N2O6/c1-9-46(4,5)30-12-18-33(19-13-30)49-42(51)38-26-24-36(28-40(38)43(49)52)55-34-20-14-31(15-21-34)47(6,7)32-16-22-35(23-17-32)56-37-25-27-39-41(29-37)45(54)50(44(39)53)48(8,10-2)11-3/h12-29H,9-11H2,1-8H3. The van der Waals surface area contributed by atoms with Crippen LogP contribution in [0.25, 0.3) is 0 Å². The number of anilines is 1. The fraction of sp³-hybridized carbons (Fsp3) is 0.292. The van der Waals surface area contributed by atoms with Crippen LogP contribution in [0.15, 0.2) is 109 Å². The lowest BCUT2D eigenvalue weighted by atomic mass is 9.78. The van der Waals surface area contributed by atoms with Gasteiger partial charge in [-0.15, -0.1) is 0 Å². The molecule has 0 N–H and O–H groups in total. The van der Waals surface area contributed by atoms with E-state index in [0.29, 0.717) is 63.8 Å². The summed E-state index contributed by atoms with van der Waals surface area (Å²) in [4.78, 5) is 56.0. The molecular formula is C48H48N2O6. The molecule has 8 nitrogen and oxygen atoms in total. The van der Waals surface area contributed by atoms with E-state index in [1.165, 1.54) is 9.80 Å². The van der Waals surface area contributed by atoms with Crippen LogP contribution in [0, 0.1) is 0 Å². The molecule has 0 aromatic heterocycles. The zero-order valence-electron chi connectivity index (χ0n) is 33.4. The van der Waals surface area contributed by atoms with Crippen LogP contribution >= 0.6 is 0 Å². The highest BCUT2D eigenvalue weighted by molar-refractivity contribution is 6.34. The van der Waals surface area contributed by atoms with Gasteiger partial charge in [-0.25, -0.2) is 4.90 Å². The third kappa shape index (κ3) is 6.57. The quantitative estimate of drug-likeness (QED) is 0.118. The highest BCUT2D eigenvalue weighted by Crippen LogP contribution is 2.39. The van der Waals surface area contributed by atoms with Crippen molar-refractivity contribution in [3.8, 4) is 23.0 Å². The number of imide groups is 2. The van der Waals surface area contributed by atoms with Crippen molar-refractivity contribution in [2.45, 2.75) is 91.0 Å². The van der Waals surface area contributed by atoms with Crippen molar-refractivity contribution < 1.29 is 28.7 Å². The van der Waals surface area contributed by atoms with E-state index >= 15 is 0 Å². The van der Waals surface area contributed by atoms with Crippen LogP contribution in [0.3, 0.4) is 0 Å². The molecule has 0 spiro atoms. The summed E-state index contributed by atoms with van der Waals surface area (Å²) < 4.78 is 12.3. The van der Waals surface area contributed by atoms with Crippen LogP contribution < -0.4 is 14.4 Å². The van der Waals surface area contributed by atoms with Gasteiger partial charge in [0.1, 0.15) is 23.0 Å². The molecule has 56 heavy (non-hydrogen) atoms. The Hall–Kier alpha value is -6.02. The Morgan fingerprint density at radius 1 is 0.446 bits per heavy atom. The first-order chi connectivity index (χ1) is 26.6. The van der Waals surface area contributed by atoms with Gasteiger partial charge in [-0.2, -0.15) is 0 Å². The van der Waals surface area contributed by atoms with Gasteiger partial charge in [-0.05, 0) is 121 Å². The van der Waals surface area contributed by atoms with E-state index in [4.69, 9.17) is 9.47 Å². The van der Waals surface area contributed by atoms with Gasteiger partial charge in [-0.3, -0.25) is 24.1 Å². The molecule has 0 aliphatic carbocycles. The van der Waals surface area contributed by atoms with Crippen LogP contribution in [-0.2, 0) is 10.8 Å². The summed E-state index contributed by atoms with van der Waals surface area (Å²) in [6.45, 7) is 16.7. The zero-order valence-corrected chi connectivity index (χ0v) is 33.4. The maximum Gasteiger partial charge on any atom is 0.266 e. The number of carbonyl (C=O) groups is 4. The predicted molar refractivity (Wildman–Crippen MR) is 218 cm³/mol. The third-order valence-corrected chi connectivity index (χ3v) is 12.2. The molecule has 8 heteroatoms. The van der Waals surface area contributed by atoms with E-state index in [2.05, 4.69) is 34.6 Å². The molecule has 0 radical (unpaired) electrons. The Kier molecular flexibility index (Phi) is 9.73. The Morgan fingerprint density at radius 2 is 0.839 bits per heavy atom. The summed E-state index contributed by atoms with van der Waals surface area (Å²) in [5.74, 6) is 0.905. The maximum atomic E-state index is 13.5. The van der Waals surface area contributed by atoms with Gasteiger partial charge in [-0.1, -0.05) is 84.9 Å². The molecule has 0 unspecified atom stereocenters. The number of hydrogen-bond acceptors (Lipinski definition) is 6. The van der Waals surface area contributed by atoms with Crippen molar-refractivity contribution >= 4 is 29.3 Å². The summed E-state index contributed by atoms with van der Waals surface area (Å²) in [6.07, 6.45) is 2.32. The van der Waals surface area contributed by atoms with Gasteiger partial charge in [0.2, 0.25) is 0 Å². The fourth-order valence-corrected chi connectivity index (χ4v) is 7.44. The Labute approximate surface area is 329 Å². The number of nitrogens with zero attached hydrogens (tertiary/aromatic N) is 2. The highest BCUT2D eigenvalue weighted by Gasteiger charge is 2.45. The number of carbonyl (C=O) groups excluding carboxylic acids is 4. The Morgan fingerprint density at radius 3 is 1.30 bits per heavy atom. The van der Waals surface area contributed by atoms with E-state index < -0.39 is 5.54 Å². The first-order valence-electron chi connectivity index (χ1n) is 19.3. The first-order valence-corrected chi connectivity index (χ1v) is 19.3. The molecule has 0 bridgehead atoms. The average molecular weight is 749 g/mol. The van der Waals surface area contributed by atoms with Crippen LogP contribution in [0.1, 0.15) is 133 Å². The van der Waals surface area contributed by atoms with Gasteiger partial charge in [0.15, 0.2) is 0 Å². The minimum absolute atomic E-state index is 0.00280. The van der Waals surface area contributed by atoms with Gasteiger partial charge in [0.25, 0.3) is 23.6 Å². The lowest BCUT2D eigenvalue weighted by molar-refractivity contribution is 0.0434. The fourth-order valence-electron chi connectivity index (χ4n) is 7.44. The first kappa shape index (κ1) is 38.3. The molecule has 0 saturated heterocycles. The minimum atomic E-state index is -0.542. The Balaban J connectivity index is 1.01. The minimum Gasteiger partial charge on any atom is -0.457 e. The molecule has 7 rings (SSSR count). The van der Waals surface area contributed by atoms with Crippen molar-refractivity contribution in [2.75, 3.05) is 4.90 Å². The number of fused-ring (bicyclic) bond motifs is 2. The van der Waals surface area contributed by atoms with Crippen LogP contribution in [-0.4, -0.2) is 34.1 Å². The molecule has 286 valence electrons. The summed E-state index contributed by atoms with van der Waals surface area (Å²) >= 11 is 0. The van der Waals surface area contributed by atoms with Crippen LogP contribution in [0.5, 0.6) is 23.0 Å². The Bertz CT molecular complexity index is 2350. The normalized spacial score (nSPS) is 14.4. The van der Waals surface area contributed by atoms with Gasteiger partial charge >= 0.3 is 0 Å². The summed E-state index contributed by atoms with van der Waals surface area (Å²) in [7, 11) is 0.